The second-order valence-electron chi connectivity index (χ2n) is 4.12. The lowest BCUT2D eigenvalue weighted by Crippen LogP contribution is -2.39. The Morgan fingerprint density at radius 3 is 2.67 bits per heavy atom. The average Bonchev–Trinajstić information content (AvgIpc) is 3.04. The van der Waals surface area contributed by atoms with Gasteiger partial charge in [-0.1, -0.05) is 0 Å². The van der Waals surface area contributed by atoms with Crippen LogP contribution in [-0.2, 0) is 9.47 Å². The van der Waals surface area contributed by atoms with Crippen molar-refractivity contribution in [1.82, 2.24) is 5.32 Å². The predicted molar refractivity (Wildman–Crippen MR) is 58.9 cm³/mol. The summed E-state index contributed by atoms with van der Waals surface area (Å²) < 4.78 is 10.8. The minimum Gasteiger partial charge on any atom is -0.395 e. The predicted octanol–water partition coefficient (Wildman–Crippen LogP) is 0.541. The van der Waals surface area contributed by atoms with Crippen LogP contribution in [0.5, 0.6) is 0 Å². The Bertz CT molecular complexity index is 162. The third-order valence-corrected chi connectivity index (χ3v) is 2.41. The second kappa shape index (κ2) is 7.17. The molecule has 0 radical (unpaired) electrons. The molecule has 1 aliphatic carbocycles. The molecule has 0 aliphatic heterocycles. The number of rotatable bonds is 9. The lowest BCUT2D eigenvalue weighted by atomic mass is 10.3. The van der Waals surface area contributed by atoms with E-state index in [1.807, 2.05) is 13.8 Å². The molecule has 2 atom stereocenters. The van der Waals surface area contributed by atoms with Gasteiger partial charge in [-0.25, -0.2) is 0 Å². The first-order valence-electron chi connectivity index (χ1n) is 5.82. The average molecular weight is 217 g/mol. The van der Waals surface area contributed by atoms with Crippen LogP contribution in [0.4, 0.5) is 0 Å². The minimum atomic E-state index is 0.0709. The summed E-state index contributed by atoms with van der Waals surface area (Å²) >= 11 is 0. The molecule has 90 valence electrons. The van der Waals surface area contributed by atoms with Crippen molar-refractivity contribution >= 4 is 0 Å². The molecule has 0 heterocycles. The topological polar surface area (TPSA) is 50.7 Å². The van der Waals surface area contributed by atoms with Crippen LogP contribution < -0.4 is 5.32 Å². The maximum atomic E-state index is 9.12. The van der Waals surface area contributed by atoms with Crippen LogP contribution >= 0.6 is 0 Å². The normalized spacial score (nSPS) is 20.2. The van der Waals surface area contributed by atoms with E-state index in [0.29, 0.717) is 19.3 Å². The van der Waals surface area contributed by atoms with E-state index in [1.165, 1.54) is 12.8 Å². The molecule has 4 nitrogen and oxygen atoms in total. The zero-order valence-electron chi connectivity index (χ0n) is 9.74. The number of aliphatic hydroxyl groups is 1. The number of hydrogen-bond donors (Lipinski definition) is 2. The summed E-state index contributed by atoms with van der Waals surface area (Å²) in [6.07, 6.45) is 2.55. The Labute approximate surface area is 92.0 Å². The molecule has 0 spiro atoms. The number of nitrogens with one attached hydrogen (secondary N) is 1. The highest BCUT2D eigenvalue weighted by molar-refractivity contribution is 4.84. The Morgan fingerprint density at radius 2 is 2.13 bits per heavy atom. The molecule has 15 heavy (non-hydrogen) atoms. The molecule has 1 rings (SSSR count). The Balaban J connectivity index is 2.03. The fourth-order valence-corrected chi connectivity index (χ4v) is 1.35. The number of hydrogen-bond acceptors (Lipinski definition) is 4. The molecule has 2 N–H and O–H groups in total. The first-order chi connectivity index (χ1) is 7.26. The highest BCUT2D eigenvalue weighted by Gasteiger charge is 2.24. The summed E-state index contributed by atoms with van der Waals surface area (Å²) in [7, 11) is 0. The van der Waals surface area contributed by atoms with Crippen LogP contribution in [0.25, 0.3) is 0 Å². The fourth-order valence-electron chi connectivity index (χ4n) is 1.35. The standard InChI is InChI=1S/C11H23NO3/c1-3-14-7-9(2)15-8-11(6-13)12-10-4-5-10/h9-13H,3-8H2,1-2H3. The lowest BCUT2D eigenvalue weighted by molar-refractivity contribution is -0.0168. The summed E-state index contributed by atoms with van der Waals surface area (Å²) in [4.78, 5) is 0. The van der Waals surface area contributed by atoms with Crippen LogP contribution in [0.1, 0.15) is 26.7 Å². The van der Waals surface area contributed by atoms with Crippen LogP contribution in [0.15, 0.2) is 0 Å². The van der Waals surface area contributed by atoms with E-state index in [2.05, 4.69) is 5.32 Å². The highest BCUT2D eigenvalue weighted by atomic mass is 16.5. The molecular weight excluding hydrogens is 194 g/mol. The van der Waals surface area contributed by atoms with Gasteiger partial charge in [0.1, 0.15) is 0 Å². The maximum Gasteiger partial charge on any atom is 0.0781 e. The fraction of sp³-hybridized carbons (Fsp3) is 1.00. The number of aliphatic hydroxyl groups excluding tert-OH is 1. The third kappa shape index (κ3) is 6.10. The van der Waals surface area contributed by atoms with Gasteiger partial charge >= 0.3 is 0 Å². The second-order valence-corrected chi connectivity index (χ2v) is 4.12. The van der Waals surface area contributed by atoms with Crippen LogP contribution in [0, 0.1) is 0 Å². The molecule has 0 aromatic heterocycles. The highest BCUT2D eigenvalue weighted by Crippen LogP contribution is 2.19. The molecular formula is C11H23NO3. The van der Waals surface area contributed by atoms with Crippen molar-refractivity contribution in [3.63, 3.8) is 0 Å². The van der Waals surface area contributed by atoms with Gasteiger partial charge in [0.2, 0.25) is 0 Å². The van der Waals surface area contributed by atoms with Gasteiger partial charge in [-0.15, -0.1) is 0 Å². The van der Waals surface area contributed by atoms with E-state index < -0.39 is 0 Å². The van der Waals surface area contributed by atoms with Crippen molar-refractivity contribution in [2.75, 3.05) is 26.4 Å². The molecule has 0 bridgehead atoms. The van der Waals surface area contributed by atoms with Gasteiger partial charge in [-0.2, -0.15) is 0 Å². The van der Waals surface area contributed by atoms with E-state index in [4.69, 9.17) is 14.6 Å². The van der Waals surface area contributed by atoms with E-state index in [-0.39, 0.29) is 18.8 Å². The molecule has 1 saturated carbocycles. The summed E-state index contributed by atoms with van der Waals surface area (Å²) in [5.74, 6) is 0. The summed E-state index contributed by atoms with van der Waals surface area (Å²) in [5, 5.41) is 12.5. The Kier molecular flexibility index (Phi) is 6.17. The molecule has 0 amide bonds. The van der Waals surface area contributed by atoms with Gasteiger partial charge in [-0.05, 0) is 26.7 Å². The summed E-state index contributed by atoms with van der Waals surface area (Å²) in [6.45, 7) is 5.99. The van der Waals surface area contributed by atoms with E-state index >= 15 is 0 Å². The van der Waals surface area contributed by atoms with Gasteiger partial charge in [0.25, 0.3) is 0 Å². The van der Waals surface area contributed by atoms with Crippen molar-refractivity contribution in [3.05, 3.63) is 0 Å². The molecule has 0 aromatic rings. The first-order valence-corrected chi connectivity index (χ1v) is 5.82. The minimum absolute atomic E-state index is 0.0709. The first kappa shape index (κ1) is 12.9. The van der Waals surface area contributed by atoms with Crippen molar-refractivity contribution in [3.8, 4) is 0 Å². The van der Waals surface area contributed by atoms with Crippen molar-refractivity contribution in [2.45, 2.75) is 44.9 Å². The summed E-state index contributed by atoms with van der Waals surface area (Å²) in [6, 6.07) is 0.675. The molecule has 2 unspecified atom stereocenters. The van der Waals surface area contributed by atoms with Crippen molar-refractivity contribution < 1.29 is 14.6 Å². The van der Waals surface area contributed by atoms with Crippen molar-refractivity contribution in [1.29, 1.82) is 0 Å². The lowest BCUT2D eigenvalue weighted by Gasteiger charge is -2.19. The quantitative estimate of drug-likeness (QED) is 0.592. The van der Waals surface area contributed by atoms with Crippen molar-refractivity contribution in [2.24, 2.45) is 0 Å². The molecule has 0 saturated heterocycles. The molecule has 0 aromatic carbocycles. The van der Waals surface area contributed by atoms with Crippen LogP contribution in [0.2, 0.25) is 0 Å². The molecule has 1 aliphatic rings. The third-order valence-electron chi connectivity index (χ3n) is 2.41. The van der Waals surface area contributed by atoms with Crippen LogP contribution in [-0.4, -0.2) is 49.7 Å². The zero-order chi connectivity index (χ0) is 11.1. The van der Waals surface area contributed by atoms with Gasteiger partial charge in [-0.3, -0.25) is 0 Å². The molecule has 1 fully saturated rings. The van der Waals surface area contributed by atoms with Crippen LogP contribution in [0.3, 0.4) is 0 Å². The summed E-state index contributed by atoms with van der Waals surface area (Å²) in [5.41, 5.74) is 0. The maximum absolute atomic E-state index is 9.12. The Morgan fingerprint density at radius 1 is 1.40 bits per heavy atom. The SMILES string of the molecule is CCOCC(C)OCC(CO)NC1CC1. The van der Waals surface area contributed by atoms with Gasteiger partial charge in [0.05, 0.1) is 32.0 Å². The smallest absolute Gasteiger partial charge is 0.0781 e. The Hall–Kier alpha value is -0.160. The van der Waals surface area contributed by atoms with Gasteiger partial charge < -0.3 is 19.9 Å². The zero-order valence-corrected chi connectivity index (χ0v) is 9.74. The van der Waals surface area contributed by atoms with Gasteiger partial charge in [0.15, 0.2) is 0 Å². The van der Waals surface area contributed by atoms with E-state index in [0.717, 1.165) is 6.61 Å². The largest absolute Gasteiger partial charge is 0.395 e. The van der Waals surface area contributed by atoms with Gasteiger partial charge in [0, 0.05) is 12.6 Å². The number of ether oxygens (including phenoxy) is 2. The molecule has 4 heteroatoms. The van der Waals surface area contributed by atoms with E-state index in [9.17, 15) is 0 Å². The van der Waals surface area contributed by atoms with E-state index in [1.54, 1.807) is 0 Å². The monoisotopic (exact) mass is 217 g/mol.